The van der Waals surface area contributed by atoms with Gasteiger partial charge in [-0.3, -0.25) is 0 Å². The number of nitrogens with zero attached hydrogens (tertiary/aromatic N) is 4. The first-order valence-electron chi connectivity index (χ1n) is 7.18. The van der Waals surface area contributed by atoms with Gasteiger partial charge in [-0.1, -0.05) is 29.8 Å². The van der Waals surface area contributed by atoms with Crippen molar-refractivity contribution in [3.63, 3.8) is 0 Å². The third-order valence-corrected chi connectivity index (χ3v) is 3.40. The fraction of sp³-hybridized carbons (Fsp3) is 0.533. The zero-order valence-corrected chi connectivity index (χ0v) is 12.9. The van der Waals surface area contributed by atoms with Gasteiger partial charge in [0.05, 0.1) is 13.7 Å². The Morgan fingerprint density at radius 1 is 1.29 bits per heavy atom. The normalized spacial score (nSPS) is 12.5. The Kier molecular flexibility index (Phi) is 5.83. The van der Waals surface area contributed by atoms with Crippen LogP contribution in [0, 0.1) is 6.92 Å². The Morgan fingerprint density at radius 2 is 2.05 bits per heavy atom. The van der Waals surface area contributed by atoms with Crippen LogP contribution >= 0.6 is 0 Å². The number of methoxy groups -OCH3 is 1. The van der Waals surface area contributed by atoms with Crippen LogP contribution in [-0.2, 0) is 18.2 Å². The fourth-order valence-corrected chi connectivity index (χ4v) is 2.22. The molecule has 0 aliphatic rings. The highest BCUT2D eigenvalue weighted by atomic mass is 16.5. The standard InChI is InChI=1S/C15H23N5O/c1-12-4-6-13(7-5-12)14(11-16-8-9-21-3)10-15-17-19-20(2)18-15/h4-7,14,16H,8-11H2,1-3H3. The number of tetrazole rings is 1. The Morgan fingerprint density at radius 3 is 2.67 bits per heavy atom. The van der Waals surface area contributed by atoms with Crippen molar-refractivity contribution in [2.24, 2.45) is 7.05 Å². The summed E-state index contributed by atoms with van der Waals surface area (Å²) in [6, 6.07) is 8.63. The van der Waals surface area contributed by atoms with Gasteiger partial charge in [-0.15, -0.1) is 10.2 Å². The molecule has 2 rings (SSSR count). The van der Waals surface area contributed by atoms with E-state index in [1.54, 1.807) is 14.2 Å². The lowest BCUT2D eigenvalue weighted by molar-refractivity contribution is 0.199. The summed E-state index contributed by atoms with van der Waals surface area (Å²) in [5.41, 5.74) is 2.56. The van der Waals surface area contributed by atoms with Crippen LogP contribution in [0.3, 0.4) is 0 Å². The molecule has 1 aromatic heterocycles. The van der Waals surface area contributed by atoms with Crippen LogP contribution in [0.1, 0.15) is 22.9 Å². The number of aromatic nitrogens is 4. The van der Waals surface area contributed by atoms with Crippen LogP contribution in [0.2, 0.25) is 0 Å². The maximum absolute atomic E-state index is 5.07. The van der Waals surface area contributed by atoms with E-state index in [1.807, 2.05) is 0 Å². The predicted octanol–water partition coefficient (Wildman–Crippen LogP) is 1.08. The first kappa shape index (κ1) is 15.6. The average Bonchev–Trinajstić information content (AvgIpc) is 2.88. The summed E-state index contributed by atoms with van der Waals surface area (Å²) in [6.45, 7) is 4.52. The van der Waals surface area contributed by atoms with Crippen molar-refractivity contribution in [2.45, 2.75) is 19.3 Å². The van der Waals surface area contributed by atoms with Crippen LogP contribution in [0.5, 0.6) is 0 Å². The molecule has 0 fully saturated rings. The molecule has 1 atom stereocenters. The van der Waals surface area contributed by atoms with Crippen LogP contribution in [-0.4, -0.2) is 47.0 Å². The summed E-state index contributed by atoms with van der Waals surface area (Å²) in [5, 5.41) is 15.7. The average molecular weight is 289 g/mol. The second-order valence-corrected chi connectivity index (χ2v) is 5.20. The van der Waals surface area contributed by atoms with Gasteiger partial charge in [-0.05, 0) is 17.7 Å². The molecule has 0 saturated carbocycles. The van der Waals surface area contributed by atoms with Crippen LogP contribution < -0.4 is 5.32 Å². The number of hydrogen-bond acceptors (Lipinski definition) is 5. The summed E-state index contributed by atoms with van der Waals surface area (Å²) in [4.78, 5) is 1.50. The van der Waals surface area contributed by atoms with Crippen molar-refractivity contribution in [3.05, 3.63) is 41.2 Å². The first-order chi connectivity index (χ1) is 10.2. The summed E-state index contributed by atoms with van der Waals surface area (Å²) >= 11 is 0. The Labute approximate surface area is 125 Å². The van der Waals surface area contributed by atoms with E-state index in [2.05, 4.69) is 51.9 Å². The highest BCUT2D eigenvalue weighted by Crippen LogP contribution is 2.19. The zero-order chi connectivity index (χ0) is 15.1. The topological polar surface area (TPSA) is 64.9 Å². The van der Waals surface area contributed by atoms with Gasteiger partial charge in [0.2, 0.25) is 0 Å². The van der Waals surface area contributed by atoms with Gasteiger partial charge in [0.1, 0.15) is 0 Å². The highest BCUT2D eigenvalue weighted by molar-refractivity contribution is 5.25. The van der Waals surface area contributed by atoms with Crippen LogP contribution in [0.25, 0.3) is 0 Å². The molecule has 0 spiro atoms. The summed E-state index contributed by atoms with van der Waals surface area (Å²) in [5.74, 6) is 1.10. The monoisotopic (exact) mass is 289 g/mol. The van der Waals surface area contributed by atoms with Crippen molar-refractivity contribution < 1.29 is 4.74 Å². The van der Waals surface area contributed by atoms with Crippen molar-refractivity contribution in [1.29, 1.82) is 0 Å². The molecule has 1 aromatic carbocycles. The Bertz CT molecular complexity index is 537. The number of aryl methyl sites for hydroxylation is 2. The SMILES string of the molecule is COCCNCC(Cc1nnn(C)n1)c1ccc(C)cc1. The third kappa shape index (κ3) is 4.91. The summed E-state index contributed by atoms with van der Waals surface area (Å²) in [6.07, 6.45) is 0.775. The van der Waals surface area contributed by atoms with E-state index in [0.29, 0.717) is 12.5 Å². The molecule has 6 nitrogen and oxygen atoms in total. The summed E-state index contributed by atoms with van der Waals surface area (Å²) < 4.78 is 5.07. The number of hydrogen-bond donors (Lipinski definition) is 1. The van der Waals surface area contributed by atoms with E-state index in [0.717, 1.165) is 25.3 Å². The Hall–Kier alpha value is -1.79. The van der Waals surface area contributed by atoms with Gasteiger partial charge < -0.3 is 10.1 Å². The fourth-order valence-electron chi connectivity index (χ4n) is 2.22. The van der Waals surface area contributed by atoms with Crippen molar-refractivity contribution in [3.8, 4) is 0 Å². The maximum atomic E-state index is 5.07. The minimum Gasteiger partial charge on any atom is -0.383 e. The van der Waals surface area contributed by atoms with Gasteiger partial charge in [0, 0.05) is 32.5 Å². The maximum Gasteiger partial charge on any atom is 0.175 e. The lowest BCUT2D eigenvalue weighted by Crippen LogP contribution is -2.26. The molecular weight excluding hydrogens is 266 g/mol. The number of ether oxygens (including phenoxy) is 1. The van der Waals surface area contributed by atoms with Crippen molar-refractivity contribution in [1.82, 2.24) is 25.5 Å². The molecule has 2 aromatic rings. The quantitative estimate of drug-likeness (QED) is 0.737. The molecule has 0 aliphatic carbocycles. The predicted molar refractivity (Wildman–Crippen MR) is 81.2 cm³/mol. The lowest BCUT2D eigenvalue weighted by atomic mass is 9.94. The molecule has 0 amide bonds. The highest BCUT2D eigenvalue weighted by Gasteiger charge is 2.15. The van der Waals surface area contributed by atoms with Gasteiger partial charge in [0.15, 0.2) is 5.82 Å². The van der Waals surface area contributed by atoms with Gasteiger partial charge in [-0.25, -0.2) is 0 Å². The van der Waals surface area contributed by atoms with E-state index < -0.39 is 0 Å². The van der Waals surface area contributed by atoms with E-state index in [-0.39, 0.29) is 0 Å². The smallest absolute Gasteiger partial charge is 0.175 e. The lowest BCUT2D eigenvalue weighted by Gasteiger charge is -2.17. The van der Waals surface area contributed by atoms with E-state index in [1.165, 1.54) is 15.9 Å². The molecule has 0 radical (unpaired) electrons. The van der Waals surface area contributed by atoms with E-state index in [4.69, 9.17) is 4.74 Å². The van der Waals surface area contributed by atoms with Gasteiger partial charge in [-0.2, -0.15) is 4.80 Å². The molecule has 114 valence electrons. The van der Waals surface area contributed by atoms with Crippen LogP contribution in [0.15, 0.2) is 24.3 Å². The summed E-state index contributed by atoms with van der Waals surface area (Å²) in [7, 11) is 3.50. The minimum absolute atomic E-state index is 0.326. The third-order valence-electron chi connectivity index (χ3n) is 3.40. The number of rotatable bonds is 8. The number of nitrogens with one attached hydrogen (secondary N) is 1. The zero-order valence-electron chi connectivity index (χ0n) is 12.9. The van der Waals surface area contributed by atoms with Crippen molar-refractivity contribution >= 4 is 0 Å². The van der Waals surface area contributed by atoms with Gasteiger partial charge in [0.25, 0.3) is 0 Å². The first-order valence-corrected chi connectivity index (χ1v) is 7.18. The van der Waals surface area contributed by atoms with Gasteiger partial charge >= 0.3 is 0 Å². The van der Waals surface area contributed by atoms with Crippen molar-refractivity contribution in [2.75, 3.05) is 26.8 Å². The number of benzene rings is 1. The Balaban J connectivity index is 2.04. The van der Waals surface area contributed by atoms with Crippen LogP contribution in [0.4, 0.5) is 0 Å². The molecule has 1 N–H and O–H groups in total. The molecule has 1 unspecified atom stereocenters. The minimum atomic E-state index is 0.326. The molecule has 0 bridgehead atoms. The molecule has 6 heteroatoms. The second kappa shape index (κ2) is 7.85. The molecule has 0 saturated heterocycles. The molecule has 0 aliphatic heterocycles. The van der Waals surface area contributed by atoms with E-state index in [9.17, 15) is 0 Å². The largest absolute Gasteiger partial charge is 0.383 e. The molecule has 1 heterocycles. The second-order valence-electron chi connectivity index (χ2n) is 5.20. The molecule has 21 heavy (non-hydrogen) atoms. The van der Waals surface area contributed by atoms with E-state index >= 15 is 0 Å². The molecular formula is C15H23N5O.